The van der Waals surface area contributed by atoms with Crippen LogP contribution in [0.25, 0.3) is 11.3 Å². The maximum atomic E-state index is 13.0. The van der Waals surface area contributed by atoms with Gasteiger partial charge in [-0.15, -0.1) is 11.3 Å². The van der Waals surface area contributed by atoms with Crippen LogP contribution >= 0.6 is 27.3 Å². The molecule has 0 aliphatic heterocycles. The summed E-state index contributed by atoms with van der Waals surface area (Å²) in [5.74, 6) is 0.318. The lowest BCUT2D eigenvalue weighted by atomic mass is 10.0. The lowest BCUT2D eigenvalue weighted by Crippen LogP contribution is -2.35. The summed E-state index contributed by atoms with van der Waals surface area (Å²) < 4.78 is 1.00. The molecule has 1 atom stereocenters. The molecule has 0 N–H and O–H groups in total. The molecule has 29 heavy (non-hydrogen) atoms. The molecule has 4 nitrogen and oxygen atoms in total. The highest BCUT2D eigenvalue weighted by Gasteiger charge is 2.25. The average Bonchev–Trinajstić information content (AvgIpc) is 3.14. The van der Waals surface area contributed by atoms with Gasteiger partial charge in [-0.2, -0.15) is 5.26 Å². The lowest BCUT2D eigenvalue weighted by molar-refractivity contribution is -0.120. The first kappa shape index (κ1) is 23.7. The number of Topliss-reactive ketones (excluding diaryl/α,β-unsaturated/α-hetero) is 1. The largest absolute Gasteiger partial charge is 0.296 e. The summed E-state index contributed by atoms with van der Waals surface area (Å²) in [5.41, 5.74) is 1.79. The van der Waals surface area contributed by atoms with Crippen LogP contribution in [0, 0.1) is 23.2 Å². The summed E-state index contributed by atoms with van der Waals surface area (Å²) in [6.45, 7) is 10.9. The average molecular weight is 476 g/mol. The van der Waals surface area contributed by atoms with Crippen molar-refractivity contribution in [2.24, 2.45) is 11.8 Å². The Morgan fingerprint density at radius 1 is 1.14 bits per heavy atom. The highest BCUT2D eigenvalue weighted by Crippen LogP contribution is 2.28. The summed E-state index contributed by atoms with van der Waals surface area (Å²) in [4.78, 5) is 19.8. The molecular weight excluding hydrogens is 446 g/mol. The zero-order chi connectivity index (χ0) is 21.4. The fourth-order valence-electron chi connectivity index (χ4n) is 2.90. The topological polar surface area (TPSA) is 57.0 Å². The third kappa shape index (κ3) is 7.65. The second kappa shape index (κ2) is 11.6. The molecule has 156 valence electrons. The SMILES string of the molecule is CC(C)CCN(CCC(C)C)CC(=O)[C@@H](C#N)c1nc(-c2ccc(Br)cc2)cs1. The minimum Gasteiger partial charge on any atom is -0.296 e. The molecule has 1 aromatic heterocycles. The summed E-state index contributed by atoms with van der Waals surface area (Å²) in [6.07, 6.45) is 2.10. The number of hydrogen-bond donors (Lipinski definition) is 0. The van der Waals surface area contributed by atoms with Crippen molar-refractivity contribution in [2.75, 3.05) is 19.6 Å². The molecule has 0 unspecified atom stereocenters. The van der Waals surface area contributed by atoms with E-state index in [1.807, 2.05) is 29.6 Å². The van der Waals surface area contributed by atoms with Crippen molar-refractivity contribution < 1.29 is 4.79 Å². The van der Waals surface area contributed by atoms with Crippen molar-refractivity contribution in [3.63, 3.8) is 0 Å². The van der Waals surface area contributed by atoms with Crippen LogP contribution in [0.4, 0.5) is 0 Å². The minimum absolute atomic E-state index is 0.0586. The van der Waals surface area contributed by atoms with E-state index in [1.54, 1.807) is 0 Å². The van der Waals surface area contributed by atoms with Gasteiger partial charge in [0.1, 0.15) is 5.01 Å². The molecule has 0 spiro atoms. The fraction of sp³-hybridized carbons (Fsp3) is 0.522. The van der Waals surface area contributed by atoms with E-state index >= 15 is 0 Å². The lowest BCUT2D eigenvalue weighted by Gasteiger charge is -2.24. The highest BCUT2D eigenvalue weighted by atomic mass is 79.9. The summed E-state index contributed by atoms with van der Waals surface area (Å²) in [7, 11) is 0. The predicted octanol–water partition coefficient (Wildman–Crippen LogP) is 6.14. The van der Waals surface area contributed by atoms with Crippen molar-refractivity contribution in [3.05, 3.63) is 39.1 Å². The van der Waals surface area contributed by atoms with Crippen LogP contribution in [0.1, 0.15) is 51.5 Å². The number of thiazole rings is 1. The predicted molar refractivity (Wildman–Crippen MR) is 124 cm³/mol. The second-order valence-electron chi connectivity index (χ2n) is 8.25. The van der Waals surface area contributed by atoms with Gasteiger partial charge in [0.05, 0.1) is 18.3 Å². The summed E-state index contributed by atoms with van der Waals surface area (Å²) in [6, 6.07) is 10.1. The number of nitrogens with zero attached hydrogens (tertiary/aromatic N) is 3. The Labute approximate surface area is 187 Å². The number of hydrogen-bond acceptors (Lipinski definition) is 5. The standard InChI is InChI=1S/C23H30BrN3OS/c1-16(2)9-11-27(12-10-17(3)4)14-22(28)20(13-25)23-26-21(15-29-23)18-5-7-19(24)8-6-18/h5-8,15-17,20H,9-12,14H2,1-4H3/t20-/m1/s1. The Hall–Kier alpha value is -1.55. The maximum absolute atomic E-state index is 13.0. The van der Waals surface area contributed by atoms with Crippen molar-refractivity contribution in [1.29, 1.82) is 5.26 Å². The van der Waals surface area contributed by atoms with Gasteiger partial charge in [-0.25, -0.2) is 4.98 Å². The van der Waals surface area contributed by atoms with Crippen molar-refractivity contribution in [1.82, 2.24) is 9.88 Å². The molecule has 6 heteroatoms. The fourth-order valence-corrected chi connectivity index (χ4v) is 4.06. The molecule has 1 heterocycles. The van der Waals surface area contributed by atoms with Gasteiger partial charge in [0.2, 0.25) is 0 Å². The van der Waals surface area contributed by atoms with Crippen molar-refractivity contribution in [2.45, 2.75) is 46.5 Å². The van der Waals surface area contributed by atoms with Gasteiger partial charge in [-0.05, 0) is 49.9 Å². The third-order valence-electron chi connectivity index (χ3n) is 4.78. The van der Waals surface area contributed by atoms with E-state index in [2.05, 4.69) is 59.6 Å². The van der Waals surface area contributed by atoms with E-state index in [0.717, 1.165) is 41.7 Å². The molecule has 0 aliphatic carbocycles. The summed E-state index contributed by atoms with van der Waals surface area (Å²) in [5, 5.41) is 12.2. The summed E-state index contributed by atoms with van der Waals surface area (Å²) >= 11 is 4.82. The van der Waals surface area contributed by atoms with Crippen LogP contribution in [-0.2, 0) is 4.79 Å². The molecule has 1 aromatic carbocycles. The Balaban J connectivity index is 2.09. The van der Waals surface area contributed by atoms with Crippen LogP contribution in [0.15, 0.2) is 34.1 Å². The number of carbonyl (C=O) groups excluding carboxylic acids is 1. The number of carbonyl (C=O) groups is 1. The van der Waals surface area contributed by atoms with E-state index in [4.69, 9.17) is 0 Å². The van der Waals surface area contributed by atoms with E-state index in [1.165, 1.54) is 11.3 Å². The van der Waals surface area contributed by atoms with E-state index < -0.39 is 5.92 Å². The van der Waals surface area contributed by atoms with Gasteiger partial charge in [-0.1, -0.05) is 55.8 Å². The minimum atomic E-state index is -0.801. The Kier molecular flexibility index (Phi) is 9.48. The molecule has 2 rings (SSSR count). The number of nitriles is 1. The van der Waals surface area contributed by atoms with Crippen LogP contribution in [0.2, 0.25) is 0 Å². The van der Waals surface area contributed by atoms with Gasteiger partial charge >= 0.3 is 0 Å². The molecule has 0 aliphatic rings. The van der Waals surface area contributed by atoms with Gasteiger partial charge in [0.25, 0.3) is 0 Å². The monoisotopic (exact) mass is 475 g/mol. The number of halogens is 1. The van der Waals surface area contributed by atoms with Crippen molar-refractivity contribution in [3.8, 4) is 17.3 Å². The quantitative estimate of drug-likeness (QED) is 0.391. The van der Waals surface area contributed by atoms with Gasteiger partial charge in [0.15, 0.2) is 11.7 Å². The normalized spacial score (nSPS) is 12.5. The van der Waals surface area contributed by atoms with Crippen LogP contribution in [-0.4, -0.2) is 35.3 Å². The van der Waals surface area contributed by atoms with Crippen LogP contribution < -0.4 is 0 Å². The maximum Gasteiger partial charge on any atom is 0.170 e. The Morgan fingerprint density at radius 2 is 1.72 bits per heavy atom. The molecule has 0 amide bonds. The first-order valence-electron chi connectivity index (χ1n) is 10.2. The first-order chi connectivity index (χ1) is 13.8. The number of aromatic nitrogens is 1. The molecule has 0 bridgehead atoms. The molecular formula is C23H30BrN3OS. The number of ketones is 1. The smallest absolute Gasteiger partial charge is 0.170 e. The first-order valence-corrected chi connectivity index (χ1v) is 11.8. The van der Waals surface area contributed by atoms with Crippen molar-refractivity contribution >= 4 is 33.0 Å². The van der Waals surface area contributed by atoms with Gasteiger partial charge in [0, 0.05) is 15.4 Å². The molecule has 0 saturated heterocycles. The Bertz CT molecular complexity index is 811. The van der Waals surface area contributed by atoms with Gasteiger partial charge < -0.3 is 0 Å². The highest BCUT2D eigenvalue weighted by molar-refractivity contribution is 9.10. The van der Waals surface area contributed by atoms with Gasteiger partial charge in [-0.3, -0.25) is 9.69 Å². The molecule has 0 saturated carbocycles. The number of benzene rings is 1. The molecule has 0 radical (unpaired) electrons. The van der Waals surface area contributed by atoms with E-state index in [0.29, 0.717) is 23.4 Å². The van der Waals surface area contributed by atoms with E-state index in [9.17, 15) is 10.1 Å². The van der Waals surface area contributed by atoms with Crippen LogP contribution in [0.5, 0.6) is 0 Å². The van der Waals surface area contributed by atoms with Crippen LogP contribution in [0.3, 0.4) is 0 Å². The molecule has 0 fully saturated rings. The van der Waals surface area contributed by atoms with E-state index in [-0.39, 0.29) is 5.78 Å². The number of rotatable bonds is 11. The third-order valence-corrected chi connectivity index (χ3v) is 6.22. The zero-order valence-corrected chi connectivity index (χ0v) is 20.1. The molecule has 2 aromatic rings. The zero-order valence-electron chi connectivity index (χ0n) is 17.7. The Morgan fingerprint density at radius 3 is 2.24 bits per heavy atom. The second-order valence-corrected chi connectivity index (χ2v) is 10.1.